The number of halogens is 2. The average Bonchev–Trinajstić information content (AvgIpc) is 3.15. The normalized spacial score (nSPS) is 22.6. The SMILES string of the molecule is O=C(O)C1Cc2c([nH]c3ccccc23)C(c2ccc3c(c2)OC(F)(F)O3)N1. The number of H-pyrrole nitrogens is 1. The van der Waals surface area contributed by atoms with Gasteiger partial charge in [-0.15, -0.1) is 8.78 Å². The van der Waals surface area contributed by atoms with Crippen LogP contribution in [0.25, 0.3) is 10.9 Å². The molecule has 3 N–H and O–H groups in total. The highest BCUT2D eigenvalue weighted by Crippen LogP contribution is 2.44. The van der Waals surface area contributed by atoms with Gasteiger partial charge in [0.2, 0.25) is 0 Å². The zero-order valence-electron chi connectivity index (χ0n) is 13.8. The van der Waals surface area contributed by atoms with E-state index in [0.717, 1.165) is 22.2 Å². The van der Waals surface area contributed by atoms with Crippen LogP contribution in [0.4, 0.5) is 8.78 Å². The zero-order valence-corrected chi connectivity index (χ0v) is 13.8. The van der Waals surface area contributed by atoms with Crippen molar-refractivity contribution >= 4 is 16.9 Å². The summed E-state index contributed by atoms with van der Waals surface area (Å²) in [4.78, 5) is 15.0. The Balaban J connectivity index is 1.63. The van der Waals surface area contributed by atoms with E-state index in [1.54, 1.807) is 6.07 Å². The Hall–Kier alpha value is -3.13. The number of alkyl halides is 2. The van der Waals surface area contributed by atoms with E-state index in [2.05, 4.69) is 19.8 Å². The molecule has 0 saturated heterocycles. The highest BCUT2D eigenvalue weighted by molar-refractivity contribution is 5.87. The molecule has 2 aromatic carbocycles. The lowest BCUT2D eigenvalue weighted by molar-refractivity contribution is -0.286. The Bertz CT molecular complexity index is 1080. The predicted octanol–water partition coefficient (Wildman–Crippen LogP) is 3.18. The van der Waals surface area contributed by atoms with Gasteiger partial charge in [-0.3, -0.25) is 10.1 Å². The van der Waals surface area contributed by atoms with Gasteiger partial charge in [-0.1, -0.05) is 24.3 Å². The lowest BCUT2D eigenvalue weighted by atomic mass is 9.90. The molecule has 0 amide bonds. The van der Waals surface area contributed by atoms with E-state index in [1.165, 1.54) is 12.1 Å². The molecule has 0 saturated carbocycles. The lowest BCUT2D eigenvalue weighted by Crippen LogP contribution is -2.44. The maximum absolute atomic E-state index is 13.3. The Morgan fingerprint density at radius 3 is 2.74 bits per heavy atom. The molecule has 3 heterocycles. The van der Waals surface area contributed by atoms with Crippen LogP contribution in [0.2, 0.25) is 0 Å². The number of carbonyl (C=O) groups is 1. The van der Waals surface area contributed by atoms with Crippen LogP contribution in [0, 0.1) is 0 Å². The minimum Gasteiger partial charge on any atom is -0.480 e. The molecule has 2 aliphatic rings. The summed E-state index contributed by atoms with van der Waals surface area (Å²) < 4.78 is 35.6. The second-order valence-electron chi connectivity index (χ2n) is 6.63. The van der Waals surface area contributed by atoms with E-state index in [0.29, 0.717) is 12.0 Å². The van der Waals surface area contributed by atoms with Crippen LogP contribution in [0.5, 0.6) is 11.5 Å². The second kappa shape index (κ2) is 5.43. The van der Waals surface area contributed by atoms with Crippen molar-refractivity contribution in [2.75, 3.05) is 0 Å². The highest BCUT2D eigenvalue weighted by atomic mass is 19.3. The van der Waals surface area contributed by atoms with Gasteiger partial charge in [0, 0.05) is 23.0 Å². The third-order valence-electron chi connectivity index (χ3n) is 4.97. The maximum atomic E-state index is 13.3. The minimum atomic E-state index is -3.70. The van der Waals surface area contributed by atoms with Crippen molar-refractivity contribution in [3.63, 3.8) is 0 Å². The molecule has 2 unspecified atom stereocenters. The van der Waals surface area contributed by atoms with Crippen molar-refractivity contribution in [3.8, 4) is 11.5 Å². The Morgan fingerprint density at radius 1 is 1.15 bits per heavy atom. The van der Waals surface area contributed by atoms with Crippen molar-refractivity contribution < 1.29 is 28.2 Å². The fourth-order valence-electron chi connectivity index (χ4n) is 3.80. The Kier molecular flexibility index (Phi) is 3.23. The molecule has 27 heavy (non-hydrogen) atoms. The molecule has 0 bridgehead atoms. The summed E-state index contributed by atoms with van der Waals surface area (Å²) in [6.45, 7) is 0. The Labute approximate surface area is 151 Å². The maximum Gasteiger partial charge on any atom is 0.586 e. The van der Waals surface area contributed by atoms with E-state index >= 15 is 0 Å². The lowest BCUT2D eigenvalue weighted by Gasteiger charge is -2.29. The molecular weight excluding hydrogens is 358 g/mol. The van der Waals surface area contributed by atoms with Gasteiger partial charge < -0.3 is 19.6 Å². The quantitative estimate of drug-likeness (QED) is 0.644. The number of para-hydroxylation sites is 1. The van der Waals surface area contributed by atoms with Gasteiger partial charge in [-0.05, 0) is 29.3 Å². The van der Waals surface area contributed by atoms with Gasteiger partial charge >= 0.3 is 12.3 Å². The van der Waals surface area contributed by atoms with Crippen LogP contribution in [0.3, 0.4) is 0 Å². The number of carboxylic acid groups (broad SMARTS) is 1. The van der Waals surface area contributed by atoms with Crippen molar-refractivity contribution in [1.82, 2.24) is 10.3 Å². The summed E-state index contributed by atoms with van der Waals surface area (Å²) in [7, 11) is 0. The first-order valence-electron chi connectivity index (χ1n) is 8.39. The monoisotopic (exact) mass is 372 g/mol. The summed E-state index contributed by atoms with van der Waals surface area (Å²) in [6.07, 6.45) is -3.37. The number of aromatic amines is 1. The largest absolute Gasteiger partial charge is 0.586 e. The van der Waals surface area contributed by atoms with Crippen LogP contribution in [-0.4, -0.2) is 28.4 Å². The number of hydrogen-bond acceptors (Lipinski definition) is 4. The van der Waals surface area contributed by atoms with Crippen LogP contribution in [-0.2, 0) is 11.2 Å². The van der Waals surface area contributed by atoms with Crippen molar-refractivity contribution in [3.05, 3.63) is 59.3 Å². The number of aromatic nitrogens is 1. The fourth-order valence-corrected chi connectivity index (χ4v) is 3.80. The molecule has 6 nitrogen and oxygen atoms in total. The molecule has 0 aliphatic carbocycles. The number of rotatable bonds is 2. The van der Waals surface area contributed by atoms with E-state index < -0.39 is 24.3 Å². The van der Waals surface area contributed by atoms with Crippen LogP contribution in [0.1, 0.15) is 22.9 Å². The first-order valence-corrected chi connectivity index (χ1v) is 8.39. The molecule has 8 heteroatoms. The van der Waals surface area contributed by atoms with Crippen LogP contribution in [0.15, 0.2) is 42.5 Å². The number of hydrogen-bond donors (Lipinski definition) is 3. The second-order valence-corrected chi connectivity index (χ2v) is 6.63. The summed E-state index contributed by atoms with van der Waals surface area (Å²) >= 11 is 0. The number of carboxylic acids is 1. The van der Waals surface area contributed by atoms with Crippen molar-refractivity contribution in [1.29, 1.82) is 0 Å². The molecule has 3 aromatic rings. The van der Waals surface area contributed by atoms with Gasteiger partial charge in [0.05, 0.1) is 6.04 Å². The molecule has 2 atom stereocenters. The number of ether oxygens (including phenoxy) is 2. The van der Waals surface area contributed by atoms with Gasteiger partial charge in [0.15, 0.2) is 11.5 Å². The third kappa shape index (κ3) is 2.52. The summed E-state index contributed by atoms with van der Waals surface area (Å²) in [5, 5.41) is 13.6. The number of benzene rings is 2. The smallest absolute Gasteiger partial charge is 0.480 e. The first kappa shape index (κ1) is 16.1. The molecule has 1 aromatic heterocycles. The molecule has 5 rings (SSSR count). The first-order chi connectivity index (χ1) is 12.9. The van der Waals surface area contributed by atoms with Crippen LogP contribution >= 0.6 is 0 Å². The molecule has 0 radical (unpaired) electrons. The third-order valence-corrected chi connectivity index (χ3v) is 4.97. The summed E-state index contributed by atoms with van der Waals surface area (Å²) in [5.74, 6) is -1.09. The number of aliphatic carboxylic acids is 1. The van der Waals surface area contributed by atoms with Crippen molar-refractivity contribution in [2.45, 2.75) is 24.8 Å². The predicted molar refractivity (Wildman–Crippen MR) is 91.1 cm³/mol. The molecular formula is C19H14F2N2O4. The molecule has 0 fully saturated rings. The van der Waals surface area contributed by atoms with Gasteiger partial charge in [0.25, 0.3) is 0 Å². The fraction of sp³-hybridized carbons (Fsp3) is 0.211. The van der Waals surface area contributed by atoms with Gasteiger partial charge in [-0.2, -0.15) is 0 Å². The molecule has 0 spiro atoms. The van der Waals surface area contributed by atoms with Gasteiger partial charge in [0.1, 0.15) is 6.04 Å². The van der Waals surface area contributed by atoms with Crippen LogP contribution < -0.4 is 14.8 Å². The highest BCUT2D eigenvalue weighted by Gasteiger charge is 2.44. The van der Waals surface area contributed by atoms with E-state index in [1.807, 2.05) is 24.3 Å². The van der Waals surface area contributed by atoms with E-state index in [-0.39, 0.29) is 11.5 Å². The summed E-state index contributed by atoms with van der Waals surface area (Å²) in [6, 6.07) is 10.8. The number of fused-ring (bicyclic) bond motifs is 4. The zero-order chi connectivity index (χ0) is 18.8. The summed E-state index contributed by atoms with van der Waals surface area (Å²) in [5.41, 5.74) is 3.23. The topological polar surface area (TPSA) is 83.6 Å². The van der Waals surface area contributed by atoms with Gasteiger partial charge in [-0.25, -0.2) is 0 Å². The number of nitrogens with one attached hydrogen (secondary N) is 2. The van der Waals surface area contributed by atoms with Crippen molar-refractivity contribution in [2.24, 2.45) is 0 Å². The Morgan fingerprint density at radius 2 is 1.93 bits per heavy atom. The molecule has 138 valence electrons. The van der Waals surface area contributed by atoms with E-state index in [9.17, 15) is 18.7 Å². The standard InChI is InChI=1S/C19H14F2N2O4/c20-19(21)26-14-6-5-9(7-15(14)27-19)16-17-11(8-13(23-16)18(24)25)10-3-1-2-4-12(10)22-17/h1-7,13,16,22-23H,8H2,(H,24,25). The average molecular weight is 372 g/mol. The molecule has 2 aliphatic heterocycles. The van der Waals surface area contributed by atoms with E-state index in [4.69, 9.17) is 0 Å². The minimum absolute atomic E-state index is 0.0498.